The van der Waals surface area contributed by atoms with E-state index in [1.54, 1.807) is 0 Å². The molecular weight excluding hydrogens is 160 g/mol. The number of rotatable bonds is 6. The van der Waals surface area contributed by atoms with Gasteiger partial charge in [-0.3, -0.25) is 9.59 Å². The van der Waals surface area contributed by atoms with Gasteiger partial charge in [0.25, 0.3) is 0 Å². The molecule has 0 aromatic carbocycles. The van der Waals surface area contributed by atoms with Crippen molar-refractivity contribution in [3.8, 4) is 0 Å². The number of nitrogens with two attached hydrogens (primary N) is 2. The lowest BCUT2D eigenvalue weighted by Crippen LogP contribution is -2.25. The Kier molecular flexibility index (Phi) is 5.03. The van der Waals surface area contributed by atoms with Crippen LogP contribution in [0.5, 0.6) is 0 Å². The van der Waals surface area contributed by atoms with Crippen LogP contribution >= 0.6 is 0 Å². The van der Waals surface area contributed by atoms with E-state index in [0.717, 1.165) is 0 Å². The minimum atomic E-state index is -0.495. The maximum atomic E-state index is 10.7. The predicted molar refractivity (Wildman–Crippen MR) is 42.8 cm³/mol. The summed E-state index contributed by atoms with van der Waals surface area (Å²) in [5.41, 5.74) is 9.89. The van der Waals surface area contributed by atoms with Crippen molar-refractivity contribution in [1.82, 2.24) is 0 Å². The number of aliphatic hydroxyl groups is 1. The van der Waals surface area contributed by atoms with Gasteiger partial charge in [-0.1, -0.05) is 0 Å². The first-order valence-corrected chi connectivity index (χ1v) is 3.76. The summed E-state index contributed by atoms with van der Waals surface area (Å²) >= 11 is 0. The number of aliphatic hydroxyl groups excluding tert-OH is 1. The van der Waals surface area contributed by atoms with Crippen LogP contribution in [0.2, 0.25) is 0 Å². The number of hydrogen-bond donors (Lipinski definition) is 3. The summed E-state index contributed by atoms with van der Waals surface area (Å²) < 4.78 is 0. The topological polar surface area (TPSA) is 106 Å². The van der Waals surface area contributed by atoms with Gasteiger partial charge in [-0.2, -0.15) is 0 Å². The molecule has 12 heavy (non-hydrogen) atoms. The molecule has 0 saturated carbocycles. The summed E-state index contributed by atoms with van der Waals surface area (Å²) in [6, 6.07) is 0. The molecule has 0 saturated heterocycles. The molecule has 0 aliphatic rings. The SMILES string of the molecule is NC(=O)CCC(CCO)C(N)=O. The van der Waals surface area contributed by atoms with Crippen LogP contribution < -0.4 is 11.5 Å². The van der Waals surface area contributed by atoms with E-state index in [1.165, 1.54) is 0 Å². The fourth-order valence-corrected chi connectivity index (χ4v) is 0.901. The highest BCUT2D eigenvalue weighted by Crippen LogP contribution is 2.09. The van der Waals surface area contributed by atoms with Crippen LogP contribution in [0.4, 0.5) is 0 Å². The van der Waals surface area contributed by atoms with Gasteiger partial charge in [0, 0.05) is 18.9 Å². The molecule has 0 radical (unpaired) electrons. The molecule has 0 spiro atoms. The molecule has 0 bridgehead atoms. The van der Waals surface area contributed by atoms with Crippen molar-refractivity contribution in [1.29, 1.82) is 0 Å². The van der Waals surface area contributed by atoms with Gasteiger partial charge in [0.2, 0.25) is 11.8 Å². The first-order chi connectivity index (χ1) is 5.57. The monoisotopic (exact) mass is 174 g/mol. The molecule has 0 aromatic heterocycles. The van der Waals surface area contributed by atoms with Gasteiger partial charge < -0.3 is 16.6 Å². The van der Waals surface area contributed by atoms with E-state index in [2.05, 4.69) is 0 Å². The predicted octanol–water partition coefficient (Wildman–Crippen LogP) is -1.26. The zero-order chi connectivity index (χ0) is 9.56. The van der Waals surface area contributed by atoms with Gasteiger partial charge in [0.15, 0.2) is 0 Å². The maximum Gasteiger partial charge on any atom is 0.220 e. The Balaban J connectivity index is 3.79. The lowest BCUT2D eigenvalue weighted by atomic mass is 9.99. The number of primary amides is 2. The minimum absolute atomic E-state index is 0.105. The Morgan fingerprint density at radius 1 is 1.25 bits per heavy atom. The van der Waals surface area contributed by atoms with Gasteiger partial charge in [0.05, 0.1) is 0 Å². The average molecular weight is 174 g/mol. The summed E-state index contributed by atoms with van der Waals surface area (Å²) in [7, 11) is 0. The van der Waals surface area contributed by atoms with E-state index < -0.39 is 17.7 Å². The second-order valence-electron chi connectivity index (χ2n) is 2.62. The fraction of sp³-hybridized carbons (Fsp3) is 0.714. The Morgan fingerprint density at radius 3 is 2.17 bits per heavy atom. The molecule has 5 nitrogen and oxygen atoms in total. The lowest BCUT2D eigenvalue weighted by molar-refractivity contribution is -0.123. The molecule has 0 aliphatic heterocycles. The molecule has 5 heteroatoms. The van der Waals surface area contributed by atoms with Crippen molar-refractivity contribution in [2.24, 2.45) is 17.4 Å². The van der Waals surface area contributed by atoms with Crippen LogP contribution in [0.3, 0.4) is 0 Å². The normalized spacial score (nSPS) is 12.4. The Hall–Kier alpha value is -1.10. The Bertz CT molecular complexity index is 170. The quantitative estimate of drug-likeness (QED) is 0.467. The van der Waals surface area contributed by atoms with Crippen molar-refractivity contribution in [2.45, 2.75) is 19.3 Å². The molecule has 70 valence electrons. The number of carbonyl (C=O) groups is 2. The summed E-state index contributed by atoms with van der Waals surface area (Å²) in [6.07, 6.45) is 0.751. The van der Waals surface area contributed by atoms with Crippen LogP contribution in [0.15, 0.2) is 0 Å². The third kappa shape index (κ3) is 4.68. The Labute approximate surface area is 70.7 Å². The van der Waals surface area contributed by atoms with E-state index in [9.17, 15) is 9.59 Å². The smallest absolute Gasteiger partial charge is 0.220 e. The van der Waals surface area contributed by atoms with Crippen LogP contribution in [0.1, 0.15) is 19.3 Å². The third-order valence-electron chi connectivity index (χ3n) is 1.62. The van der Waals surface area contributed by atoms with Gasteiger partial charge in [0.1, 0.15) is 0 Å². The number of amides is 2. The van der Waals surface area contributed by atoms with E-state index in [0.29, 0.717) is 12.8 Å². The first-order valence-electron chi connectivity index (χ1n) is 3.76. The maximum absolute atomic E-state index is 10.7. The summed E-state index contributed by atoms with van der Waals surface area (Å²) in [5, 5.41) is 8.53. The number of carbonyl (C=O) groups excluding carboxylic acids is 2. The summed E-state index contributed by atoms with van der Waals surface area (Å²) in [5.74, 6) is -1.40. The molecule has 1 unspecified atom stereocenters. The van der Waals surface area contributed by atoms with Crippen LogP contribution in [0.25, 0.3) is 0 Å². The molecule has 0 rings (SSSR count). The van der Waals surface area contributed by atoms with Crippen LogP contribution in [-0.2, 0) is 9.59 Å². The van der Waals surface area contributed by atoms with Crippen molar-refractivity contribution >= 4 is 11.8 Å². The van der Waals surface area contributed by atoms with Gasteiger partial charge in [-0.15, -0.1) is 0 Å². The number of hydrogen-bond acceptors (Lipinski definition) is 3. The average Bonchev–Trinajstić information content (AvgIpc) is 1.96. The van der Waals surface area contributed by atoms with Gasteiger partial charge in [-0.05, 0) is 12.8 Å². The van der Waals surface area contributed by atoms with Gasteiger partial charge in [-0.25, -0.2) is 0 Å². The van der Waals surface area contributed by atoms with Crippen molar-refractivity contribution < 1.29 is 14.7 Å². The Morgan fingerprint density at radius 2 is 1.83 bits per heavy atom. The minimum Gasteiger partial charge on any atom is -0.396 e. The molecule has 5 N–H and O–H groups in total. The highest BCUT2D eigenvalue weighted by atomic mass is 16.3. The molecule has 0 aliphatic carbocycles. The van der Waals surface area contributed by atoms with Crippen molar-refractivity contribution in [3.63, 3.8) is 0 Å². The van der Waals surface area contributed by atoms with E-state index in [4.69, 9.17) is 16.6 Å². The first kappa shape index (κ1) is 10.9. The molecule has 0 heterocycles. The highest BCUT2D eigenvalue weighted by molar-refractivity contribution is 5.78. The van der Waals surface area contributed by atoms with Crippen LogP contribution in [-0.4, -0.2) is 23.5 Å². The van der Waals surface area contributed by atoms with Crippen molar-refractivity contribution in [3.05, 3.63) is 0 Å². The van der Waals surface area contributed by atoms with E-state index >= 15 is 0 Å². The molecule has 0 aromatic rings. The van der Waals surface area contributed by atoms with Crippen molar-refractivity contribution in [2.75, 3.05) is 6.61 Å². The zero-order valence-corrected chi connectivity index (χ0v) is 6.82. The summed E-state index contributed by atoms with van der Waals surface area (Å²) in [4.78, 5) is 21.0. The standard InChI is InChI=1S/C7H14N2O3/c8-6(11)2-1-5(3-4-10)7(9)12/h5,10H,1-4H2,(H2,8,11)(H2,9,12). The van der Waals surface area contributed by atoms with E-state index in [1.807, 2.05) is 0 Å². The zero-order valence-electron chi connectivity index (χ0n) is 6.82. The highest BCUT2D eigenvalue weighted by Gasteiger charge is 2.14. The summed E-state index contributed by atoms with van der Waals surface area (Å²) in [6.45, 7) is -0.105. The molecule has 0 fully saturated rings. The molecular formula is C7H14N2O3. The molecule has 1 atom stereocenters. The third-order valence-corrected chi connectivity index (χ3v) is 1.62. The largest absolute Gasteiger partial charge is 0.396 e. The van der Waals surface area contributed by atoms with Gasteiger partial charge >= 0.3 is 0 Å². The van der Waals surface area contributed by atoms with Crippen LogP contribution in [0, 0.1) is 5.92 Å². The fourth-order valence-electron chi connectivity index (χ4n) is 0.901. The second-order valence-corrected chi connectivity index (χ2v) is 2.62. The van der Waals surface area contributed by atoms with E-state index in [-0.39, 0.29) is 13.0 Å². The molecule has 2 amide bonds. The lowest BCUT2D eigenvalue weighted by Gasteiger charge is -2.09. The second kappa shape index (κ2) is 5.54.